The fraction of sp³-hybridized carbons (Fsp3) is 0.231. The Morgan fingerprint density at radius 1 is 0.946 bits per heavy atom. The van der Waals surface area contributed by atoms with Crippen molar-refractivity contribution in [2.45, 2.75) is 36.7 Å². The van der Waals surface area contributed by atoms with E-state index in [2.05, 4.69) is 4.98 Å². The van der Waals surface area contributed by atoms with Crippen LogP contribution in [0.15, 0.2) is 71.9 Å². The molecule has 0 unspecified atom stereocenters. The third-order valence-electron chi connectivity index (χ3n) is 5.51. The molecule has 0 aliphatic rings. The number of benzene rings is 3. The van der Waals surface area contributed by atoms with E-state index in [1.54, 1.807) is 23.6 Å². The van der Waals surface area contributed by atoms with Crippen LogP contribution < -0.4 is 0 Å². The Hall–Kier alpha value is -3.47. The van der Waals surface area contributed by atoms with Crippen LogP contribution in [0, 0.1) is 0 Å². The van der Waals surface area contributed by atoms with Gasteiger partial charge >= 0.3 is 18.3 Å². The van der Waals surface area contributed by atoms with Crippen molar-refractivity contribution in [1.82, 2.24) is 9.55 Å². The number of carbonyl (C=O) groups is 1. The van der Waals surface area contributed by atoms with Gasteiger partial charge in [-0.25, -0.2) is 9.78 Å². The van der Waals surface area contributed by atoms with Crippen molar-refractivity contribution in [3.63, 3.8) is 0 Å². The number of carbonyl (C=O) groups excluding carboxylic acids is 1. The molecule has 0 amide bonds. The largest absolute Gasteiger partial charge is 0.462 e. The van der Waals surface area contributed by atoms with Crippen LogP contribution in [0.4, 0.5) is 26.3 Å². The maximum Gasteiger partial charge on any atom is 0.416 e. The molecule has 0 aliphatic heterocycles. The Kier molecular flexibility index (Phi) is 7.54. The monoisotopic (exact) mass is 538 g/mol. The predicted octanol–water partition coefficient (Wildman–Crippen LogP) is 7.59. The highest BCUT2D eigenvalue weighted by atomic mass is 32.2. The minimum Gasteiger partial charge on any atom is -0.462 e. The summed E-state index contributed by atoms with van der Waals surface area (Å²) < 4.78 is 86.8. The van der Waals surface area contributed by atoms with E-state index in [1.807, 2.05) is 30.3 Å². The normalized spacial score (nSPS) is 12.2. The van der Waals surface area contributed by atoms with Crippen molar-refractivity contribution < 1.29 is 35.9 Å². The standard InChI is InChI=1S/C26H20F6N2O2S/c1-2-36-23(35)17-9-11-22-21(12-17)33-24(34(22)14-16-6-4-3-5-7-16)37-15-18-8-10-19(25(27,28)29)13-20(18)26(30,31)32/h3-13H,2,14-15H2,1H3. The topological polar surface area (TPSA) is 44.1 Å². The van der Waals surface area contributed by atoms with Gasteiger partial charge in [-0.15, -0.1) is 0 Å². The molecule has 37 heavy (non-hydrogen) atoms. The van der Waals surface area contributed by atoms with E-state index in [9.17, 15) is 31.1 Å². The average Bonchev–Trinajstić information content (AvgIpc) is 3.18. The van der Waals surface area contributed by atoms with Gasteiger partial charge in [0.2, 0.25) is 0 Å². The maximum atomic E-state index is 13.6. The molecule has 0 saturated heterocycles. The lowest BCUT2D eigenvalue weighted by atomic mass is 10.0. The fourth-order valence-corrected chi connectivity index (χ4v) is 4.78. The van der Waals surface area contributed by atoms with Gasteiger partial charge < -0.3 is 9.30 Å². The van der Waals surface area contributed by atoms with Gasteiger partial charge in [0, 0.05) is 5.75 Å². The van der Waals surface area contributed by atoms with Crippen LogP contribution in [0.2, 0.25) is 0 Å². The van der Waals surface area contributed by atoms with Crippen molar-refractivity contribution in [3.05, 3.63) is 94.5 Å². The van der Waals surface area contributed by atoms with Gasteiger partial charge in [0.1, 0.15) is 0 Å². The molecular weight excluding hydrogens is 518 g/mol. The number of ether oxygens (including phenoxy) is 1. The third kappa shape index (κ3) is 6.10. The summed E-state index contributed by atoms with van der Waals surface area (Å²) in [7, 11) is 0. The second kappa shape index (κ2) is 10.5. The summed E-state index contributed by atoms with van der Waals surface area (Å²) in [6.07, 6.45) is -9.86. The molecule has 4 nitrogen and oxygen atoms in total. The molecule has 1 heterocycles. The van der Waals surface area contributed by atoms with Crippen molar-refractivity contribution in [3.8, 4) is 0 Å². The average molecular weight is 539 g/mol. The minimum absolute atomic E-state index is 0.133. The fourth-order valence-electron chi connectivity index (χ4n) is 3.76. The first-order valence-corrected chi connectivity index (χ1v) is 12.1. The summed E-state index contributed by atoms with van der Waals surface area (Å²) >= 11 is 0.968. The molecule has 4 rings (SSSR count). The predicted molar refractivity (Wildman–Crippen MR) is 127 cm³/mol. The molecule has 0 radical (unpaired) electrons. The van der Waals surface area contributed by atoms with Gasteiger partial charge in [-0.2, -0.15) is 26.3 Å². The van der Waals surface area contributed by atoms with E-state index in [1.165, 1.54) is 6.07 Å². The Morgan fingerprint density at radius 2 is 1.68 bits per heavy atom. The van der Waals surface area contributed by atoms with Crippen LogP contribution in [0.1, 0.15) is 39.5 Å². The molecule has 0 aliphatic carbocycles. The number of halogens is 6. The lowest BCUT2D eigenvalue weighted by Crippen LogP contribution is -2.13. The second-order valence-electron chi connectivity index (χ2n) is 8.05. The number of thioether (sulfide) groups is 1. The van der Waals surface area contributed by atoms with Crippen molar-refractivity contribution >= 4 is 28.8 Å². The smallest absolute Gasteiger partial charge is 0.416 e. The number of hydrogen-bond donors (Lipinski definition) is 0. The zero-order valence-electron chi connectivity index (χ0n) is 19.4. The second-order valence-corrected chi connectivity index (χ2v) is 8.99. The minimum atomic E-state index is -4.96. The highest BCUT2D eigenvalue weighted by Crippen LogP contribution is 2.39. The van der Waals surface area contributed by atoms with Crippen molar-refractivity contribution in [2.24, 2.45) is 0 Å². The van der Waals surface area contributed by atoms with Crippen LogP contribution in [0.3, 0.4) is 0 Å². The number of nitrogens with zero attached hydrogens (tertiary/aromatic N) is 2. The lowest BCUT2D eigenvalue weighted by molar-refractivity contribution is -0.143. The molecule has 1 aromatic heterocycles. The third-order valence-corrected chi connectivity index (χ3v) is 6.53. The number of alkyl halides is 6. The summed E-state index contributed by atoms with van der Waals surface area (Å²) in [6, 6.07) is 15.7. The molecule has 0 N–H and O–H groups in total. The van der Waals surface area contributed by atoms with Crippen molar-refractivity contribution in [2.75, 3.05) is 6.61 Å². The van der Waals surface area contributed by atoms with Gasteiger partial charge in [0.15, 0.2) is 5.16 Å². The number of imidazole rings is 1. The Morgan fingerprint density at radius 3 is 2.32 bits per heavy atom. The van der Waals surface area contributed by atoms with Crippen LogP contribution >= 0.6 is 11.8 Å². The first-order valence-electron chi connectivity index (χ1n) is 11.1. The van der Waals surface area contributed by atoms with Gasteiger partial charge in [-0.1, -0.05) is 48.2 Å². The Labute approximate surface area is 212 Å². The Bertz CT molecular complexity index is 1410. The molecule has 0 fully saturated rings. The highest BCUT2D eigenvalue weighted by molar-refractivity contribution is 7.98. The van der Waals surface area contributed by atoms with E-state index >= 15 is 0 Å². The maximum absolute atomic E-state index is 13.6. The van der Waals surface area contributed by atoms with Crippen molar-refractivity contribution in [1.29, 1.82) is 0 Å². The zero-order valence-corrected chi connectivity index (χ0v) is 20.2. The van der Waals surface area contributed by atoms with E-state index in [0.717, 1.165) is 23.4 Å². The SMILES string of the molecule is CCOC(=O)c1ccc2c(c1)nc(SCc1ccc(C(F)(F)F)cc1C(F)(F)F)n2Cc1ccccc1. The zero-order chi connectivity index (χ0) is 26.8. The Balaban J connectivity index is 1.73. The molecular formula is C26H20F6N2O2S. The first-order chi connectivity index (χ1) is 17.5. The van der Waals surface area contributed by atoms with E-state index in [-0.39, 0.29) is 29.6 Å². The number of rotatable bonds is 7. The van der Waals surface area contributed by atoms with Gasteiger partial charge in [0.25, 0.3) is 0 Å². The molecule has 194 valence electrons. The van der Waals surface area contributed by atoms with Gasteiger partial charge in [-0.05, 0) is 48.4 Å². The summed E-state index contributed by atoms with van der Waals surface area (Å²) in [5.74, 6) is -0.800. The van der Waals surface area contributed by atoms with E-state index in [4.69, 9.17) is 4.74 Å². The summed E-state index contributed by atoms with van der Waals surface area (Å²) in [5, 5.41) is 0.355. The number of esters is 1. The quantitative estimate of drug-likeness (QED) is 0.138. The molecule has 4 aromatic rings. The number of fused-ring (bicyclic) bond motifs is 1. The summed E-state index contributed by atoms with van der Waals surface area (Å²) in [4.78, 5) is 16.7. The number of hydrogen-bond acceptors (Lipinski definition) is 4. The molecule has 0 bridgehead atoms. The summed E-state index contributed by atoms with van der Waals surface area (Å²) in [6.45, 7) is 2.21. The summed E-state index contributed by atoms with van der Waals surface area (Å²) in [5.41, 5.74) is -0.742. The van der Waals surface area contributed by atoms with Crippen LogP contribution in [0.5, 0.6) is 0 Å². The molecule has 3 aromatic carbocycles. The first kappa shape index (κ1) is 26.6. The van der Waals surface area contributed by atoms with Crippen LogP contribution in [0.25, 0.3) is 11.0 Å². The van der Waals surface area contributed by atoms with E-state index in [0.29, 0.717) is 28.8 Å². The highest BCUT2D eigenvalue weighted by Gasteiger charge is 2.38. The van der Waals surface area contributed by atoms with Gasteiger partial charge in [-0.3, -0.25) is 0 Å². The van der Waals surface area contributed by atoms with Gasteiger partial charge in [0.05, 0.1) is 40.9 Å². The molecule has 11 heteroatoms. The lowest BCUT2D eigenvalue weighted by Gasteiger charge is -2.16. The van der Waals surface area contributed by atoms with E-state index < -0.39 is 29.4 Å². The van der Waals surface area contributed by atoms with Crippen LogP contribution in [-0.4, -0.2) is 22.1 Å². The molecule has 0 atom stereocenters. The molecule has 0 spiro atoms. The van der Waals surface area contributed by atoms with Crippen LogP contribution in [-0.2, 0) is 29.4 Å². The number of aromatic nitrogens is 2. The molecule has 0 saturated carbocycles.